The van der Waals surface area contributed by atoms with E-state index in [0.29, 0.717) is 16.7 Å². The van der Waals surface area contributed by atoms with Crippen LogP contribution in [0.15, 0.2) is 34.8 Å². The van der Waals surface area contributed by atoms with E-state index in [1.165, 1.54) is 6.07 Å². The molecule has 18 heavy (non-hydrogen) atoms. The van der Waals surface area contributed by atoms with Crippen molar-refractivity contribution in [2.75, 3.05) is 0 Å². The number of rotatable bonds is 3. The first-order valence-electron chi connectivity index (χ1n) is 4.95. The highest BCUT2D eigenvalue weighted by atomic mass is 79.9. The first-order chi connectivity index (χ1) is 8.56. The normalized spacial score (nSPS) is 10.4. The predicted octanol–water partition coefficient (Wildman–Crippen LogP) is 5.38. The second-order valence-corrected chi connectivity index (χ2v) is 5.55. The van der Waals surface area contributed by atoms with E-state index in [1.54, 1.807) is 0 Å². The Morgan fingerprint density at radius 1 is 1.11 bits per heavy atom. The van der Waals surface area contributed by atoms with Crippen LogP contribution in [-0.2, 0) is 6.61 Å². The van der Waals surface area contributed by atoms with Gasteiger partial charge in [-0.05, 0) is 23.8 Å². The van der Waals surface area contributed by atoms with Crippen molar-refractivity contribution in [3.63, 3.8) is 0 Å². The number of hydrogen-bond donors (Lipinski definition) is 0. The molecule has 2 rings (SSSR count). The standard InChI is InChI=1S/C12H7BrCl3NO/c13-8-3-1-2-7(4-8)6-18-12-10(15)5-9(14)11(16)17-12/h1-5H,6H2. The third kappa shape index (κ3) is 3.51. The molecular formula is C12H7BrCl3NO. The maximum Gasteiger partial charge on any atom is 0.234 e. The molecule has 1 aromatic carbocycles. The van der Waals surface area contributed by atoms with Crippen LogP contribution in [-0.4, -0.2) is 4.98 Å². The van der Waals surface area contributed by atoms with Crippen molar-refractivity contribution in [3.05, 3.63) is 55.6 Å². The molecule has 0 N–H and O–H groups in total. The fourth-order valence-electron chi connectivity index (χ4n) is 1.31. The first kappa shape index (κ1) is 13.9. The summed E-state index contributed by atoms with van der Waals surface area (Å²) >= 11 is 20.9. The molecule has 0 bridgehead atoms. The maximum absolute atomic E-state index is 5.96. The molecule has 0 radical (unpaired) electrons. The van der Waals surface area contributed by atoms with E-state index in [4.69, 9.17) is 39.5 Å². The van der Waals surface area contributed by atoms with Gasteiger partial charge in [0.1, 0.15) is 11.6 Å². The van der Waals surface area contributed by atoms with Crippen molar-refractivity contribution >= 4 is 50.7 Å². The van der Waals surface area contributed by atoms with Crippen LogP contribution < -0.4 is 4.74 Å². The average molecular weight is 367 g/mol. The van der Waals surface area contributed by atoms with Gasteiger partial charge in [-0.15, -0.1) is 0 Å². The summed E-state index contributed by atoms with van der Waals surface area (Å²) in [5.41, 5.74) is 0.994. The fraction of sp³-hybridized carbons (Fsp3) is 0.0833. The van der Waals surface area contributed by atoms with Crippen LogP contribution in [0.2, 0.25) is 15.2 Å². The zero-order chi connectivity index (χ0) is 13.1. The van der Waals surface area contributed by atoms with Crippen LogP contribution in [0.5, 0.6) is 5.88 Å². The van der Waals surface area contributed by atoms with Gasteiger partial charge in [-0.1, -0.05) is 62.9 Å². The van der Waals surface area contributed by atoms with E-state index >= 15 is 0 Å². The number of ether oxygens (including phenoxy) is 1. The summed E-state index contributed by atoms with van der Waals surface area (Å²) in [5.74, 6) is 0.269. The highest BCUT2D eigenvalue weighted by Crippen LogP contribution is 2.30. The van der Waals surface area contributed by atoms with Crippen molar-refractivity contribution in [2.45, 2.75) is 6.61 Å². The smallest absolute Gasteiger partial charge is 0.234 e. The molecule has 0 fully saturated rings. The number of benzene rings is 1. The Kier molecular flexibility index (Phi) is 4.73. The Morgan fingerprint density at radius 3 is 2.61 bits per heavy atom. The second kappa shape index (κ2) is 6.11. The Bertz CT molecular complexity index is 577. The molecule has 0 amide bonds. The summed E-state index contributed by atoms with van der Waals surface area (Å²) in [7, 11) is 0. The van der Waals surface area contributed by atoms with Crippen LogP contribution in [0.4, 0.5) is 0 Å². The van der Waals surface area contributed by atoms with Crippen molar-refractivity contribution in [2.24, 2.45) is 0 Å². The van der Waals surface area contributed by atoms with Crippen LogP contribution in [0.1, 0.15) is 5.56 Å². The highest BCUT2D eigenvalue weighted by Gasteiger charge is 2.09. The third-order valence-electron chi connectivity index (χ3n) is 2.12. The largest absolute Gasteiger partial charge is 0.472 e. The molecule has 0 saturated heterocycles. The van der Waals surface area contributed by atoms with E-state index in [9.17, 15) is 0 Å². The number of hydrogen-bond acceptors (Lipinski definition) is 2. The molecule has 2 aromatic rings. The molecule has 0 aliphatic heterocycles. The predicted molar refractivity (Wildman–Crippen MR) is 77.7 cm³/mol. The Balaban J connectivity index is 2.13. The topological polar surface area (TPSA) is 22.1 Å². The zero-order valence-electron chi connectivity index (χ0n) is 8.96. The monoisotopic (exact) mass is 365 g/mol. The maximum atomic E-state index is 5.96. The lowest BCUT2D eigenvalue weighted by molar-refractivity contribution is 0.294. The lowest BCUT2D eigenvalue weighted by Gasteiger charge is -2.08. The van der Waals surface area contributed by atoms with Gasteiger partial charge >= 0.3 is 0 Å². The summed E-state index contributed by atoms with van der Waals surface area (Å²) in [6, 6.07) is 9.26. The quantitative estimate of drug-likeness (QED) is 0.679. The van der Waals surface area contributed by atoms with Crippen molar-refractivity contribution < 1.29 is 4.74 Å². The van der Waals surface area contributed by atoms with E-state index < -0.39 is 0 Å². The van der Waals surface area contributed by atoms with Gasteiger partial charge in [-0.25, -0.2) is 0 Å². The van der Waals surface area contributed by atoms with Crippen LogP contribution >= 0.6 is 50.7 Å². The van der Waals surface area contributed by atoms with Gasteiger partial charge in [0.15, 0.2) is 5.15 Å². The van der Waals surface area contributed by atoms with Gasteiger partial charge in [-0.2, -0.15) is 4.98 Å². The minimum atomic E-state index is 0.172. The molecule has 2 nitrogen and oxygen atoms in total. The van der Waals surface area contributed by atoms with Crippen molar-refractivity contribution in [1.29, 1.82) is 0 Å². The van der Waals surface area contributed by atoms with Gasteiger partial charge in [-0.3, -0.25) is 0 Å². The van der Waals surface area contributed by atoms with Gasteiger partial charge in [0, 0.05) is 4.47 Å². The molecule has 1 heterocycles. The van der Waals surface area contributed by atoms with Gasteiger partial charge in [0.2, 0.25) is 5.88 Å². The molecular weight excluding hydrogens is 360 g/mol. The van der Waals surface area contributed by atoms with Gasteiger partial charge in [0.05, 0.1) is 5.02 Å². The molecule has 0 atom stereocenters. The molecule has 0 spiro atoms. The van der Waals surface area contributed by atoms with Crippen molar-refractivity contribution in [3.8, 4) is 5.88 Å². The molecule has 0 unspecified atom stereocenters. The summed E-state index contributed by atoms with van der Waals surface area (Å²) < 4.78 is 6.49. The fourth-order valence-corrected chi connectivity index (χ4v) is 2.30. The summed E-state index contributed by atoms with van der Waals surface area (Å²) in [6.45, 7) is 0.351. The first-order valence-corrected chi connectivity index (χ1v) is 6.88. The highest BCUT2D eigenvalue weighted by molar-refractivity contribution is 9.10. The Hall–Kier alpha value is -0.480. The van der Waals surface area contributed by atoms with Crippen molar-refractivity contribution in [1.82, 2.24) is 4.98 Å². The lowest BCUT2D eigenvalue weighted by atomic mass is 10.2. The zero-order valence-corrected chi connectivity index (χ0v) is 12.8. The second-order valence-electron chi connectivity index (χ2n) is 3.47. The van der Waals surface area contributed by atoms with Gasteiger partial charge < -0.3 is 4.74 Å². The van der Waals surface area contributed by atoms with E-state index in [-0.39, 0.29) is 11.0 Å². The van der Waals surface area contributed by atoms with Crippen LogP contribution in [0, 0.1) is 0 Å². The summed E-state index contributed by atoms with van der Waals surface area (Å²) in [4.78, 5) is 3.98. The molecule has 0 aliphatic rings. The molecule has 0 aliphatic carbocycles. The number of aromatic nitrogens is 1. The minimum absolute atomic E-state index is 0.172. The molecule has 0 saturated carbocycles. The van der Waals surface area contributed by atoms with Crippen LogP contribution in [0.25, 0.3) is 0 Å². The SMILES string of the molecule is Clc1cc(Cl)c(OCc2cccc(Br)c2)nc1Cl. The summed E-state index contributed by atoms with van der Waals surface area (Å²) in [5, 5.41) is 0.807. The molecule has 6 heteroatoms. The number of nitrogens with zero attached hydrogens (tertiary/aromatic N) is 1. The van der Waals surface area contributed by atoms with Crippen LogP contribution in [0.3, 0.4) is 0 Å². The van der Waals surface area contributed by atoms with Gasteiger partial charge in [0.25, 0.3) is 0 Å². The molecule has 94 valence electrons. The minimum Gasteiger partial charge on any atom is -0.472 e. The number of pyridine rings is 1. The Morgan fingerprint density at radius 2 is 1.89 bits per heavy atom. The Labute approximate surface area is 128 Å². The lowest BCUT2D eigenvalue weighted by Crippen LogP contribution is -1.98. The molecule has 1 aromatic heterocycles. The third-order valence-corrected chi connectivity index (χ3v) is 3.56. The van der Waals surface area contributed by atoms with E-state index in [0.717, 1.165) is 10.0 Å². The van der Waals surface area contributed by atoms with E-state index in [1.807, 2.05) is 24.3 Å². The summed E-state index contributed by atoms with van der Waals surface area (Å²) in [6.07, 6.45) is 0. The number of halogens is 4. The van der Waals surface area contributed by atoms with E-state index in [2.05, 4.69) is 20.9 Å². The average Bonchev–Trinajstić information content (AvgIpc) is 2.32.